The molecule has 1 aromatic heterocycles. The number of nitrogens with zero attached hydrogens (tertiary/aromatic N) is 2. The molecule has 2 aromatic rings. The Morgan fingerprint density at radius 2 is 2.20 bits per heavy atom. The smallest absolute Gasteiger partial charge is 0.161 e. The van der Waals surface area contributed by atoms with Gasteiger partial charge in [-0.05, 0) is 24.6 Å². The highest BCUT2D eigenvalue weighted by Gasteiger charge is 2.23. The molecule has 0 radical (unpaired) electrons. The Morgan fingerprint density at radius 1 is 1.45 bits per heavy atom. The van der Waals surface area contributed by atoms with Crippen LogP contribution in [0.5, 0.6) is 5.75 Å². The van der Waals surface area contributed by atoms with Gasteiger partial charge in [-0.3, -0.25) is 4.68 Å². The number of aryl methyl sites for hydroxylation is 2. The molecule has 20 heavy (non-hydrogen) atoms. The zero-order valence-electron chi connectivity index (χ0n) is 12.3. The van der Waals surface area contributed by atoms with E-state index in [1.54, 1.807) is 13.3 Å². The summed E-state index contributed by atoms with van der Waals surface area (Å²) in [5, 5.41) is 7.82. The molecule has 0 bridgehead atoms. The molecule has 1 unspecified atom stereocenters. The van der Waals surface area contributed by atoms with Crippen LogP contribution in [0.25, 0.3) is 0 Å². The highest BCUT2D eigenvalue weighted by molar-refractivity contribution is 9.10. The highest BCUT2D eigenvalue weighted by Crippen LogP contribution is 2.34. The molecule has 1 N–H and O–H groups in total. The van der Waals surface area contributed by atoms with Crippen molar-refractivity contribution in [1.82, 2.24) is 15.1 Å². The fraction of sp³-hybridized carbons (Fsp3) is 0.400. The van der Waals surface area contributed by atoms with Gasteiger partial charge >= 0.3 is 0 Å². The molecular weight excluding hydrogens is 318 g/mol. The monoisotopic (exact) mass is 337 g/mol. The summed E-state index contributed by atoms with van der Waals surface area (Å²) in [5.74, 6) is 0.798. The van der Waals surface area contributed by atoms with Gasteiger partial charge in [0.1, 0.15) is 5.69 Å². The number of hydrogen-bond donors (Lipinski definition) is 1. The average molecular weight is 338 g/mol. The third kappa shape index (κ3) is 2.74. The van der Waals surface area contributed by atoms with E-state index in [1.807, 2.05) is 11.7 Å². The number of aromatic nitrogens is 2. The molecule has 0 spiro atoms. The van der Waals surface area contributed by atoms with Gasteiger partial charge in [-0.15, -0.1) is 0 Å². The SMILES string of the molecule is CCNC(c1cccc(C)c1Br)c1c(OC)cnn1C. The zero-order valence-corrected chi connectivity index (χ0v) is 13.9. The van der Waals surface area contributed by atoms with E-state index >= 15 is 0 Å². The van der Waals surface area contributed by atoms with E-state index < -0.39 is 0 Å². The maximum absolute atomic E-state index is 5.45. The number of ether oxygens (including phenoxy) is 1. The predicted molar refractivity (Wildman–Crippen MR) is 84.2 cm³/mol. The van der Waals surface area contributed by atoms with Gasteiger partial charge in [0, 0.05) is 11.5 Å². The molecule has 0 amide bonds. The van der Waals surface area contributed by atoms with Crippen LogP contribution in [0.4, 0.5) is 0 Å². The summed E-state index contributed by atoms with van der Waals surface area (Å²) >= 11 is 3.70. The van der Waals surface area contributed by atoms with Crippen LogP contribution in [0.3, 0.4) is 0 Å². The second-order valence-corrected chi connectivity index (χ2v) is 5.48. The fourth-order valence-corrected chi connectivity index (χ4v) is 2.86. The number of halogens is 1. The van der Waals surface area contributed by atoms with Crippen LogP contribution >= 0.6 is 15.9 Å². The Kier molecular flexibility index (Phi) is 4.83. The van der Waals surface area contributed by atoms with Crippen molar-refractivity contribution in [3.63, 3.8) is 0 Å². The average Bonchev–Trinajstić information content (AvgIpc) is 2.81. The van der Waals surface area contributed by atoms with Crippen molar-refractivity contribution in [3.8, 4) is 5.75 Å². The molecule has 1 heterocycles. The standard InChI is InChI=1S/C15H20BrN3O/c1-5-17-14(11-8-6-7-10(2)13(11)16)15-12(20-4)9-18-19(15)3/h6-9,14,17H,5H2,1-4H3. The number of benzene rings is 1. The quantitative estimate of drug-likeness (QED) is 0.910. The van der Waals surface area contributed by atoms with Crippen LogP contribution < -0.4 is 10.1 Å². The van der Waals surface area contributed by atoms with E-state index in [2.05, 4.69) is 58.4 Å². The summed E-state index contributed by atoms with van der Waals surface area (Å²) in [6.07, 6.45) is 1.75. The van der Waals surface area contributed by atoms with Crippen molar-refractivity contribution in [3.05, 3.63) is 45.7 Å². The van der Waals surface area contributed by atoms with E-state index in [0.29, 0.717) is 0 Å². The minimum atomic E-state index is 0.0386. The fourth-order valence-electron chi connectivity index (χ4n) is 2.36. The maximum atomic E-state index is 5.45. The lowest BCUT2D eigenvalue weighted by molar-refractivity contribution is 0.401. The lowest BCUT2D eigenvalue weighted by atomic mass is 10.0. The molecule has 4 nitrogen and oxygen atoms in total. The van der Waals surface area contributed by atoms with Crippen LogP contribution in [0.15, 0.2) is 28.9 Å². The van der Waals surface area contributed by atoms with Gasteiger partial charge in [-0.1, -0.05) is 41.1 Å². The lowest BCUT2D eigenvalue weighted by Gasteiger charge is -2.22. The van der Waals surface area contributed by atoms with Gasteiger partial charge in [0.15, 0.2) is 5.75 Å². The molecule has 1 atom stereocenters. The summed E-state index contributed by atoms with van der Waals surface area (Å²) in [5.41, 5.74) is 3.43. The summed E-state index contributed by atoms with van der Waals surface area (Å²) in [7, 11) is 3.61. The first-order chi connectivity index (χ1) is 9.60. The minimum Gasteiger partial charge on any atom is -0.493 e. The lowest BCUT2D eigenvalue weighted by Crippen LogP contribution is -2.25. The molecule has 0 saturated carbocycles. The van der Waals surface area contributed by atoms with Crippen molar-refractivity contribution in [2.24, 2.45) is 7.05 Å². The first-order valence-corrected chi connectivity index (χ1v) is 7.43. The van der Waals surface area contributed by atoms with Gasteiger partial charge in [-0.25, -0.2) is 0 Å². The van der Waals surface area contributed by atoms with Crippen LogP contribution in [0.1, 0.15) is 29.8 Å². The molecule has 0 aliphatic carbocycles. The van der Waals surface area contributed by atoms with E-state index in [9.17, 15) is 0 Å². The molecule has 0 aliphatic rings. The van der Waals surface area contributed by atoms with Crippen molar-refractivity contribution in [1.29, 1.82) is 0 Å². The Labute approximate surface area is 128 Å². The summed E-state index contributed by atoms with van der Waals surface area (Å²) in [6, 6.07) is 6.33. The second kappa shape index (κ2) is 6.41. The first kappa shape index (κ1) is 15.1. The van der Waals surface area contributed by atoms with Gasteiger partial charge in [0.2, 0.25) is 0 Å². The third-order valence-corrected chi connectivity index (χ3v) is 4.47. The van der Waals surface area contributed by atoms with Crippen molar-refractivity contribution < 1.29 is 4.74 Å². The van der Waals surface area contributed by atoms with E-state index in [-0.39, 0.29) is 6.04 Å². The molecule has 5 heteroatoms. The molecule has 108 valence electrons. The first-order valence-electron chi connectivity index (χ1n) is 6.64. The number of methoxy groups -OCH3 is 1. The third-order valence-electron chi connectivity index (χ3n) is 3.38. The van der Waals surface area contributed by atoms with Crippen LogP contribution in [0.2, 0.25) is 0 Å². The second-order valence-electron chi connectivity index (χ2n) is 4.69. The van der Waals surface area contributed by atoms with E-state index in [1.165, 1.54) is 11.1 Å². The van der Waals surface area contributed by atoms with Crippen molar-refractivity contribution in [2.45, 2.75) is 19.9 Å². The summed E-state index contributed by atoms with van der Waals surface area (Å²) in [6.45, 7) is 5.05. The summed E-state index contributed by atoms with van der Waals surface area (Å²) < 4.78 is 8.43. The molecule has 2 rings (SSSR count). The van der Waals surface area contributed by atoms with Crippen LogP contribution in [-0.4, -0.2) is 23.4 Å². The number of nitrogens with one attached hydrogen (secondary N) is 1. The molecular formula is C15H20BrN3O. The number of hydrogen-bond acceptors (Lipinski definition) is 3. The van der Waals surface area contributed by atoms with Crippen LogP contribution in [0, 0.1) is 6.92 Å². The normalized spacial score (nSPS) is 12.4. The van der Waals surface area contributed by atoms with Gasteiger partial charge in [0.25, 0.3) is 0 Å². The Morgan fingerprint density at radius 3 is 2.85 bits per heavy atom. The highest BCUT2D eigenvalue weighted by atomic mass is 79.9. The molecule has 0 fully saturated rings. The molecule has 1 aromatic carbocycles. The Balaban J connectivity index is 2.56. The van der Waals surface area contributed by atoms with Crippen LogP contribution in [-0.2, 0) is 7.05 Å². The number of rotatable bonds is 5. The van der Waals surface area contributed by atoms with Crippen molar-refractivity contribution >= 4 is 15.9 Å². The largest absolute Gasteiger partial charge is 0.493 e. The zero-order chi connectivity index (χ0) is 14.7. The van der Waals surface area contributed by atoms with Gasteiger partial charge < -0.3 is 10.1 Å². The molecule has 0 aliphatic heterocycles. The maximum Gasteiger partial charge on any atom is 0.161 e. The van der Waals surface area contributed by atoms with Gasteiger partial charge in [-0.2, -0.15) is 5.10 Å². The Bertz CT molecular complexity index is 595. The predicted octanol–water partition coefficient (Wildman–Crippen LogP) is 3.20. The van der Waals surface area contributed by atoms with E-state index in [4.69, 9.17) is 4.74 Å². The minimum absolute atomic E-state index is 0.0386. The Hall–Kier alpha value is -1.33. The molecule has 0 saturated heterocycles. The van der Waals surface area contributed by atoms with Crippen molar-refractivity contribution in [2.75, 3.05) is 13.7 Å². The topological polar surface area (TPSA) is 39.1 Å². The van der Waals surface area contributed by atoms with E-state index in [0.717, 1.165) is 22.5 Å². The summed E-state index contributed by atoms with van der Waals surface area (Å²) in [4.78, 5) is 0. The van der Waals surface area contributed by atoms with Gasteiger partial charge in [0.05, 0.1) is 19.3 Å².